The maximum absolute atomic E-state index is 11.7. The number of carbonyl (C=O) groups is 2. The van der Waals surface area contributed by atoms with Gasteiger partial charge in [-0.1, -0.05) is 13.8 Å². The summed E-state index contributed by atoms with van der Waals surface area (Å²) >= 11 is 0. The van der Waals surface area contributed by atoms with Crippen molar-refractivity contribution in [2.45, 2.75) is 65.6 Å². The van der Waals surface area contributed by atoms with E-state index in [-0.39, 0.29) is 29.9 Å². The van der Waals surface area contributed by atoms with Crippen LogP contribution in [0.2, 0.25) is 0 Å². The fourth-order valence-corrected chi connectivity index (χ4v) is 1.33. The van der Waals surface area contributed by atoms with Gasteiger partial charge < -0.3 is 14.8 Å². The van der Waals surface area contributed by atoms with E-state index in [0.717, 1.165) is 0 Å². The minimum atomic E-state index is -0.383. The normalized spacial score (nSPS) is 12.9. The first-order valence-electron chi connectivity index (χ1n) is 5.79. The first kappa shape index (κ1) is 15.1. The van der Waals surface area contributed by atoms with Crippen molar-refractivity contribution in [2.75, 3.05) is 0 Å². The summed E-state index contributed by atoms with van der Waals surface area (Å²) < 4.78 is 5.13. The number of Topliss-reactive ketones (excluding diaryl/α,β-unsaturated/α-hetero) is 1. The molecule has 0 amide bonds. The highest BCUT2D eigenvalue weighted by Gasteiger charge is 2.21. The van der Waals surface area contributed by atoms with Gasteiger partial charge in [0.25, 0.3) is 0 Å². The van der Waals surface area contributed by atoms with Crippen molar-refractivity contribution in [3.63, 3.8) is 0 Å². The van der Waals surface area contributed by atoms with E-state index in [1.54, 1.807) is 0 Å². The third-order valence-electron chi connectivity index (χ3n) is 1.96. The molecule has 1 unspecified atom stereocenters. The summed E-state index contributed by atoms with van der Waals surface area (Å²) in [4.78, 5) is 22.6. The Labute approximate surface area is 97.7 Å². The summed E-state index contributed by atoms with van der Waals surface area (Å²) in [5.41, 5.74) is 0. The van der Waals surface area contributed by atoms with Gasteiger partial charge in [0, 0.05) is 12.5 Å². The molecule has 0 aromatic carbocycles. The highest BCUT2D eigenvalue weighted by Crippen LogP contribution is 2.04. The van der Waals surface area contributed by atoms with Gasteiger partial charge in [0.15, 0.2) is 0 Å². The number of ether oxygens (including phenoxy) is 1. The SMILES string of the molecule is CC(=O)CCC(NC(C)C)C(=O)OC(C)C. The van der Waals surface area contributed by atoms with E-state index < -0.39 is 0 Å². The lowest BCUT2D eigenvalue weighted by atomic mass is 10.1. The number of hydrogen-bond acceptors (Lipinski definition) is 4. The molecule has 0 rings (SSSR count). The van der Waals surface area contributed by atoms with Crippen molar-refractivity contribution in [1.82, 2.24) is 5.32 Å². The number of rotatable bonds is 7. The summed E-state index contributed by atoms with van der Waals surface area (Å²) in [6.45, 7) is 9.08. The monoisotopic (exact) mass is 229 g/mol. The smallest absolute Gasteiger partial charge is 0.323 e. The Hall–Kier alpha value is -0.900. The van der Waals surface area contributed by atoms with Gasteiger partial charge in [0.1, 0.15) is 11.8 Å². The Morgan fingerprint density at radius 2 is 1.75 bits per heavy atom. The molecule has 0 aliphatic heterocycles. The van der Waals surface area contributed by atoms with Crippen LogP contribution in [0.25, 0.3) is 0 Å². The maximum Gasteiger partial charge on any atom is 0.323 e. The van der Waals surface area contributed by atoms with Crippen molar-refractivity contribution < 1.29 is 14.3 Å². The molecule has 1 N–H and O–H groups in total. The fourth-order valence-electron chi connectivity index (χ4n) is 1.33. The van der Waals surface area contributed by atoms with Crippen LogP contribution in [-0.4, -0.2) is 29.9 Å². The largest absolute Gasteiger partial charge is 0.462 e. The summed E-state index contributed by atoms with van der Waals surface area (Å²) in [5, 5.41) is 3.11. The maximum atomic E-state index is 11.7. The lowest BCUT2D eigenvalue weighted by Gasteiger charge is -2.20. The zero-order valence-electron chi connectivity index (χ0n) is 10.9. The Kier molecular flexibility index (Phi) is 6.97. The van der Waals surface area contributed by atoms with Crippen molar-refractivity contribution >= 4 is 11.8 Å². The third-order valence-corrected chi connectivity index (χ3v) is 1.96. The van der Waals surface area contributed by atoms with Gasteiger partial charge in [-0.2, -0.15) is 0 Å². The predicted molar refractivity (Wildman–Crippen MR) is 63.2 cm³/mol. The predicted octanol–water partition coefficient (Wildman–Crippen LogP) is 1.67. The zero-order valence-corrected chi connectivity index (χ0v) is 10.9. The summed E-state index contributed by atoms with van der Waals surface area (Å²) in [6, 6.07) is -0.192. The number of carbonyl (C=O) groups excluding carboxylic acids is 2. The molecule has 0 saturated carbocycles. The van der Waals surface area contributed by atoms with E-state index in [0.29, 0.717) is 12.8 Å². The van der Waals surface area contributed by atoms with Crippen LogP contribution in [-0.2, 0) is 14.3 Å². The van der Waals surface area contributed by atoms with Gasteiger partial charge in [-0.05, 0) is 27.2 Å². The molecule has 0 aliphatic rings. The van der Waals surface area contributed by atoms with E-state index in [1.807, 2.05) is 27.7 Å². The van der Waals surface area contributed by atoms with Crippen LogP contribution in [0.15, 0.2) is 0 Å². The first-order valence-corrected chi connectivity index (χ1v) is 5.79. The highest BCUT2D eigenvalue weighted by molar-refractivity contribution is 5.79. The zero-order chi connectivity index (χ0) is 12.7. The summed E-state index contributed by atoms with van der Waals surface area (Å²) in [7, 11) is 0. The molecule has 1 atom stereocenters. The van der Waals surface area contributed by atoms with E-state index in [2.05, 4.69) is 5.32 Å². The quantitative estimate of drug-likeness (QED) is 0.675. The molecule has 0 radical (unpaired) electrons. The average molecular weight is 229 g/mol. The summed E-state index contributed by atoms with van der Waals surface area (Å²) in [6.07, 6.45) is 0.776. The standard InChI is InChI=1S/C12H23NO3/c1-8(2)13-11(7-6-10(5)14)12(15)16-9(3)4/h8-9,11,13H,6-7H2,1-5H3. The first-order chi connectivity index (χ1) is 7.32. The molecule has 0 saturated heterocycles. The number of hydrogen-bond donors (Lipinski definition) is 1. The Morgan fingerprint density at radius 1 is 1.19 bits per heavy atom. The molecule has 0 fully saturated rings. The van der Waals surface area contributed by atoms with Crippen LogP contribution in [0.3, 0.4) is 0 Å². The molecule has 94 valence electrons. The lowest BCUT2D eigenvalue weighted by Crippen LogP contribution is -2.42. The van der Waals surface area contributed by atoms with Gasteiger partial charge >= 0.3 is 5.97 Å². The van der Waals surface area contributed by atoms with Crippen molar-refractivity contribution in [3.05, 3.63) is 0 Å². The Morgan fingerprint density at radius 3 is 2.12 bits per heavy atom. The number of esters is 1. The summed E-state index contributed by atoms with van der Waals surface area (Å²) in [5.74, 6) is -0.183. The molecule has 4 heteroatoms. The highest BCUT2D eigenvalue weighted by atomic mass is 16.5. The van der Waals surface area contributed by atoms with Crippen LogP contribution in [0.1, 0.15) is 47.5 Å². The number of ketones is 1. The van der Waals surface area contributed by atoms with E-state index in [4.69, 9.17) is 4.74 Å². The van der Waals surface area contributed by atoms with Gasteiger partial charge in [-0.25, -0.2) is 0 Å². The van der Waals surface area contributed by atoms with Crippen LogP contribution in [0, 0.1) is 0 Å². The van der Waals surface area contributed by atoms with Crippen LogP contribution in [0.4, 0.5) is 0 Å². The second-order valence-corrected chi connectivity index (χ2v) is 4.60. The molecule has 0 aromatic rings. The topological polar surface area (TPSA) is 55.4 Å². The molecule has 16 heavy (non-hydrogen) atoms. The molecule has 0 bridgehead atoms. The van der Waals surface area contributed by atoms with Crippen molar-refractivity contribution in [2.24, 2.45) is 0 Å². The van der Waals surface area contributed by atoms with E-state index >= 15 is 0 Å². The molecule has 4 nitrogen and oxygen atoms in total. The Bertz CT molecular complexity index is 236. The second-order valence-electron chi connectivity index (χ2n) is 4.60. The second kappa shape index (κ2) is 7.39. The van der Waals surface area contributed by atoms with Gasteiger partial charge in [-0.15, -0.1) is 0 Å². The minimum Gasteiger partial charge on any atom is -0.462 e. The lowest BCUT2D eigenvalue weighted by molar-refractivity contribution is -0.150. The molecule has 0 heterocycles. The number of nitrogens with one attached hydrogen (secondary N) is 1. The van der Waals surface area contributed by atoms with E-state index in [1.165, 1.54) is 6.92 Å². The molecule has 0 aromatic heterocycles. The van der Waals surface area contributed by atoms with Crippen molar-refractivity contribution in [1.29, 1.82) is 0 Å². The van der Waals surface area contributed by atoms with Crippen LogP contribution in [0.5, 0.6) is 0 Å². The molecular formula is C12H23NO3. The van der Waals surface area contributed by atoms with Crippen molar-refractivity contribution in [3.8, 4) is 0 Å². The van der Waals surface area contributed by atoms with E-state index in [9.17, 15) is 9.59 Å². The minimum absolute atomic E-state index is 0.0907. The van der Waals surface area contributed by atoms with Gasteiger partial charge in [0.05, 0.1) is 6.10 Å². The molecule has 0 aliphatic carbocycles. The van der Waals surface area contributed by atoms with Crippen LogP contribution >= 0.6 is 0 Å². The van der Waals surface area contributed by atoms with Gasteiger partial charge in [-0.3, -0.25) is 4.79 Å². The van der Waals surface area contributed by atoms with Gasteiger partial charge in [0.2, 0.25) is 0 Å². The molecule has 0 spiro atoms. The Balaban J connectivity index is 4.28. The van der Waals surface area contributed by atoms with Crippen LogP contribution < -0.4 is 5.32 Å². The third kappa shape index (κ3) is 7.40. The average Bonchev–Trinajstić information content (AvgIpc) is 2.09. The molecular weight excluding hydrogens is 206 g/mol. The fraction of sp³-hybridized carbons (Fsp3) is 0.833.